The van der Waals surface area contributed by atoms with Crippen LogP contribution in [0.3, 0.4) is 0 Å². The SMILES string of the molecule is COC(=O)C1=C(C)NC(C)=C(C(=O)[C@]2(O)CO[C@@H]3[C@H](O)CO[C@@H]32)C1c1ccccc1[N+](=O)[O-]. The van der Waals surface area contributed by atoms with Crippen LogP contribution in [0.25, 0.3) is 0 Å². The number of methoxy groups -OCH3 is 1. The van der Waals surface area contributed by atoms with E-state index in [1.54, 1.807) is 19.9 Å². The summed E-state index contributed by atoms with van der Waals surface area (Å²) in [6, 6.07) is 5.77. The third-order valence-corrected chi connectivity index (χ3v) is 6.34. The van der Waals surface area contributed by atoms with E-state index in [-0.39, 0.29) is 29.0 Å². The highest BCUT2D eigenvalue weighted by atomic mass is 16.6. The van der Waals surface area contributed by atoms with Gasteiger partial charge < -0.3 is 29.7 Å². The summed E-state index contributed by atoms with van der Waals surface area (Å²) in [5.74, 6) is -2.78. The van der Waals surface area contributed by atoms with Gasteiger partial charge in [-0.3, -0.25) is 14.9 Å². The number of hydrogen-bond acceptors (Lipinski definition) is 10. The first-order valence-electron chi connectivity index (χ1n) is 10.3. The molecule has 0 aliphatic carbocycles. The van der Waals surface area contributed by atoms with E-state index in [0.717, 1.165) is 0 Å². The van der Waals surface area contributed by atoms with Crippen LogP contribution in [0.4, 0.5) is 5.69 Å². The maximum atomic E-state index is 13.9. The number of para-hydroxylation sites is 1. The molecule has 11 nitrogen and oxygen atoms in total. The lowest BCUT2D eigenvalue weighted by Crippen LogP contribution is -2.52. The molecule has 0 radical (unpaired) electrons. The Morgan fingerprint density at radius 2 is 1.88 bits per heavy atom. The molecule has 1 aromatic rings. The van der Waals surface area contributed by atoms with E-state index in [4.69, 9.17) is 14.2 Å². The summed E-state index contributed by atoms with van der Waals surface area (Å²) in [4.78, 5) is 37.8. The van der Waals surface area contributed by atoms with Crippen LogP contribution in [0.15, 0.2) is 46.8 Å². The van der Waals surface area contributed by atoms with Gasteiger partial charge in [-0.15, -0.1) is 0 Å². The van der Waals surface area contributed by atoms with E-state index < -0.39 is 53.1 Å². The third-order valence-electron chi connectivity index (χ3n) is 6.34. The molecule has 3 aliphatic rings. The van der Waals surface area contributed by atoms with E-state index in [1.807, 2.05) is 0 Å². The van der Waals surface area contributed by atoms with Crippen molar-refractivity contribution >= 4 is 17.4 Å². The highest BCUT2D eigenvalue weighted by Crippen LogP contribution is 2.46. The number of allylic oxidation sites excluding steroid dienone is 2. The smallest absolute Gasteiger partial charge is 0.336 e. The fourth-order valence-corrected chi connectivity index (χ4v) is 4.82. The van der Waals surface area contributed by atoms with Crippen molar-refractivity contribution in [2.45, 2.75) is 43.7 Å². The van der Waals surface area contributed by atoms with Crippen LogP contribution in [0, 0.1) is 10.1 Å². The fraction of sp³-hybridized carbons (Fsp3) is 0.455. The van der Waals surface area contributed by atoms with Crippen LogP contribution < -0.4 is 5.32 Å². The van der Waals surface area contributed by atoms with Gasteiger partial charge in [0.25, 0.3) is 5.69 Å². The molecule has 11 heteroatoms. The second-order valence-electron chi connectivity index (χ2n) is 8.29. The van der Waals surface area contributed by atoms with Gasteiger partial charge in [0.15, 0.2) is 11.4 Å². The number of dihydropyridines is 1. The van der Waals surface area contributed by atoms with Crippen molar-refractivity contribution in [3.05, 3.63) is 62.5 Å². The van der Waals surface area contributed by atoms with Crippen molar-refractivity contribution in [2.75, 3.05) is 20.3 Å². The molecule has 3 heterocycles. The zero-order valence-electron chi connectivity index (χ0n) is 18.2. The number of carbonyl (C=O) groups excluding carboxylic acids is 2. The lowest BCUT2D eigenvalue weighted by atomic mass is 9.74. The number of nitrogens with one attached hydrogen (secondary N) is 1. The molecule has 0 bridgehead atoms. The van der Waals surface area contributed by atoms with Crippen LogP contribution in [-0.2, 0) is 23.8 Å². The molecule has 33 heavy (non-hydrogen) atoms. The Morgan fingerprint density at radius 1 is 1.21 bits per heavy atom. The summed E-state index contributed by atoms with van der Waals surface area (Å²) in [7, 11) is 1.17. The largest absolute Gasteiger partial charge is 0.466 e. The molecule has 5 atom stereocenters. The number of nitrogens with zero attached hydrogens (tertiary/aromatic N) is 1. The van der Waals surface area contributed by atoms with Gasteiger partial charge in [0, 0.05) is 28.6 Å². The molecule has 2 saturated heterocycles. The predicted molar refractivity (Wildman–Crippen MR) is 112 cm³/mol. The molecule has 0 aromatic heterocycles. The average Bonchev–Trinajstić information content (AvgIpc) is 3.33. The van der Waals surface area contributed by atoms with Gasteiger partial charge in [-0.1, -0.05) is 18.2 Å². The number of aliphatic hydroxyl groups excluding tert-OH is 1. The van der Waals surface area contributed by atoms with Crippen LogP contribution >= 0.6 is 0 Å². The lowest BCUT2D eigenvalue weighted by Gasteiger charge is -2.34. The van der Waals surface area contributed by atoms with Crippen LogP contribution in [0.5, 0.6) is 0 Å². The first-order chi connectivity index (χ1) is 15.6. The minimum Gasteiger partial charge on any atom is -0.466 e. The molecule has 0 spiro atoms. The predicted octanol–water partition coefficient (Wildman–Crippen LogP) is 0.461. The number of benzene rings is 1. The van der Waals surface area contributed by atoms with Crippen molar-refractivity contribution in [2.24, 2.45) is 0 Å². The van der Waals surface area contributed by atoms with E-state index in [1.165, 1.54) is 25.3 Å². The number of fused-ring (bicyclic) bond motifs is 1. The molecule has 4 rings (SSSR count). The molecule has 176 valence electrons. The Balaban J connectivity index is 1.89. The van der Waals surface area contributed by atoms with Crippen molar-refractivity contribution < 1.29 is 38.9 Å². The summed E-state index contributed by atoms with van der Waals surface area (Å²) >= 11 is 0. The molecule has 2 fully saturated rings. The fourth-order valence-electron chi connectivity index (χ4n) is 4.82. The van der Waals surface area contributed by atoms with E-state index in [9.17, 15) is 29.9 Å². The first-order valence-corrected chi connectivity index (χ1v) is 10.3. The number of aliphatic hydroxyl groups is 2. The Labute approximate surface area is 188 Å². The highest BCUT2D eigenvalue weighted by Gasteiger charge is 2.61. The van der Waals surface area contributed by atoms with Crippen molar-refractivity contribution in [1.29, 1.82) is 0 Å². The molecular weight excluding hydrogens is 436 g/mol. The normalized spacial score (nSPS) is 31.3. The number of nitro groups is 1. The Morgan fingerprint density at radius 3 is 2.55 bits per heavy atom. The Hall–Kier alpha value is -3.12. The van der Waals surface area contributed by atoms with Gasteiger partial charge in [-0.2, -0.15) is 0 Å². The summed E-state index contributed by atoms with van der Waals surface area (Å²) in [6.45, 7) is 2.63. The number of Topliss-reactive ketones (excluding diaryl/α,β-unsaturated/α-hetero) is 1. The Kier molecular flexibility index (Phi) is 5.83. The quantitative estimate of drug-likeness (QED) is 0.320. The van der Waals surface area contributed by atoms with Crippen LogP contribution in [0.1, 0.15) is 25.3 Å². The zero-order chi connectivity index (χ0) is 24.1. The second-order valence-corrected chi connectivity index (χ2v) is 8.29. The molecule has 1 aromatic carbocycles. The van der Waals surface area contributed by atoms with E-state index in [2.05, 4.69) is 5.32 Å². The maximum absolute atomic E-state index is 13.9. The van der Waals surface area contributed by atoms with Crippen LogP contribution in [-0.4, -0.2) is 71.1 Å². The van der Waals surface area contributed by atoms with E-state index >= 15 is 0 Å². The molecule has 0 saturated carbocycles. The highest BCUT2D eigenvalue weighted by molar-refractivity contribution is 6.08. The molecule has 0 amide bonds. The number of hydrogen-bond donors (Lipinski definition) is 3. The summed E-state index contributed by atoms with van der Waals surface area (Å²) in [6.07, 6.45) is -3.02. The second kappa shape index (κ2) is 8.34. The van der Waals surface area contributed by atoms with Crippen molar-refractivity contribution in [3.63, 3.8) is 0 Å². The topological polar surface area (TPSA) is 157 Å². The zero-order valence-corrected chi connectivity index (χ0v) is 18.2. The van der Waals surface area contributed by atoms with Gasteiger partial charge in [0.1, 0.15) is 18.3 Å². The number of nitro benzene ring substituents is 1. The summed E-state index contributed by atoms with van der Waals surface area (Å²) in [5.41, 5.74) is -1.73. The number of carbonyl (C=O) groups is 2. The number of rotatable bonds is 5. The van der Waals surface area contributed by atoms with Gasteiger partial charge in [-0.05, 0) is 13.8 Å². The monoisotopic (exact) mass is 460 g/mol. The molecule has 3 N–H and O–H groups in total. The van der Waals surface area contributed by atoms with Crippen LogP contribution in [0.2, 0.25) is 0 Å². The molecule has 3 aliphatic heterocycles. The van der Waals surface area contributed by atoms with Gasteiger partial charge in [-0.25, -0.2) is 4.79 Å². The summed E-state index contributed by atoms with van der Waals surface area (Å²) in [5, 5.41) is 36.2. The minimum atomic E-state index is -2.16. The number of esters is 1. The molecule has 1 unspecified atom stereocenters. The van der Waals surface area contributed by atoms with Crippen molar-refractivity contribution in [1.82, 2.24) is 5.32 Å². The maximum Gasteiger partial charge on any atom is 0.336 e. The average molecular weight is 460 g/mol. The summed E-state index contributed by atoms with van der Waals surface area (Å²) < 4.78 is 15.9. The van der Waals surface area contributed by atoms with Gasteiger partial charge >= 0.3 is 5.97 Å². The van der Waals surface area contributed by atoms with E-state index in [0.29, 0.717) is 11.4 Å². The van der Waals surface area contributed by atoms with Gasteiger partial charge in [0.2, 0.25) is 0 Å². The first kappa shape index (κ1) is 23.1. The minimum absolute atomic E-state index is 0.00666. The van der Waals surface area contributed by atoms with Crippen molar-refractivity contribution in [3.8, 4) is 0 Å². The standard InChI is InChI=1S/C22H24N2O9/c1-10-15(19(26)22(28)9-33-18-14(25)8-32-20(18)22)17(16(11(2)23-10)21(27)31-3)12-6-4-5-7-13(12)24(29)30/h4-7,14,17-18,20,23,25,28H,8-9H2,1-3H3/t14-,17?,18-,20+,22-/m1/s1. The number of ketones is 1. The molecular formula is C22H24N2O9. The number of ether oxygens (including phenoxy) is 3. The van der Waals surface area contributed by atoms with Gasteiger partial charge in [0.05, 0.1) is 36.7 Å². The Bertz CT molecular complexity index is 1100. The lowest BCUT2D eigenvalue weighted by molar-refractivity contribution is -0.385. The third kappa shape index (κ3) is 3.53.